The molecule has 2 aromatic carbocycles. The summed E-state index contributed by atoms with van der Waals surface area (Å²) in [4.78, 5) is 0. The van der Waals surface area contributed by atoms with Crippen LogP contribution in [0.5, 0.6) is 11.5 Å². The fourth-order valence-electron chi connectivity index (χ4n) is 2.74. The summed E-state index contributed by atoms with van der Waals surface area (Å²) in [6, 6.07) is 13.3. The lowest BCUT2D eigenvalue weighted by molar-refractivity contribution is 0.265. The van der Waals surface area contributed by atoms with Gasteiger partial charge in [-0.25, -0.2) is 0 Å². The maximum Gasteiger partial charge on any atom is 0.122 e. The first-order valence-corrected chi connectivity index (χ1v) is 10.3. The van der Waals surface area contributed by atoms with Gasteiger partial charge in [-0.2, -0.15) is 10.2 Å². The van der Waals surface area contributed by atoms with E-state index in [-0.39, 0.29) is 13.2 Å². The SMILES string of the molecule is Cc1cc(N=Nc2ccc(OCCCCCO)cc2)ccc1OCCCCCO. The van der Waals surface area contributed by atoms with Crippen molar-refractivity contribution in [2.24, 2.45) is 10.2 Å². The van der Waals surface area contributed by atoms with E-state index in [0.29, 0.717) is 13.2 Å². The number of azo groups is 1. The summed E-state index contributed by atoms with van der Waals surface area (Å²) in [5.41, 5.74) is 2.56. The summed E-state index contributed by atoms with van der Waals surface area (Å²) < 4.78 is 11.5. The first-order valence-electron chi connectivity index (χ1n) is 10.3. The molecule has 158 valence electrons. The van der Waals surface area contributed by atoms with E-state index in [1.165, 1.54) is 0 Å². The Morgan fingerprint density at radius 2 is 1.28 bits per heavy atom. The van der Waals surface area contributed by atoms with Crippen molar-refractivity contribution >= 4 is 11.4 Å². The predicted octanol–water partition coefficient (Wildman–Crippen LogP) is 5.49. The number of nitrogens with zero attached hydrogens (tertiary/aromatic N) is 2. The highest BCUT2D eigenvalue weighted by molar-refractivity contribution is 5.47. The van der Waals surface area contributed by atoms with E-state index in [1.54, 1.807) is 0 Å². The van der Waals surface area contributed by atoms with Crippen LogP contribution in [-0.2, 0) is 0 Å². The van der Waals surface area contributed by atoms with E-state index in [1.807, 2.05) is 49.4 Å². The Kier molecular flexibility index (Phi) is 10.8. The van der Waals surface area contributed by atoms with Crippen molar-refractivity contribution in [1.29, 1.82) is 0 Å². The summed E-state index contributed by atoms with van der Waals surface area (Å²) in [5, 5.41) is 26.1. The largest absolute Gasteiger partial charge is 0.494 e. The van der Waals surface area contributed by atoms with E-state index in [4.69, 9.17) is 19.7 Å². The third-order valence-electron chi connectivity index (χ3n) is 4.41. The highest BCUT2D eigenvalue weighted by atomic mass is 16.5. The highest BCUT2D eigenvalue weighted by Gasteiger charge is 2.02. The molecule has 2 rings (SSSR count). The van der Waals surface area contributed by atoms with Crippen molar-refractivity contribution in [1.82, 2.24) is 0 Å². The van der Waals surface area contributed by atoms with Gasteiger partial charge in [-0.05, 0) is 93.5 Å². The predicted molar refractivity (Wildman–Crippen MR) is 115 cm³/mol. The van der Waals surface area contributed by atoms with Crippen molar-refractivity contribution in [2.45, 2.75) is 45.4 Å². The normalized spacial score (nSPS) is 11.1. The molecule has 0 unspecified atom stereocenters. The van der Waals surface area contributed by atoms with Crippen LogP contribution in [0.1, 0.15) is 44.1 Å². The average Bonchev–Trinajstić information content (AvgIpc) is 2.74. The van der Waals surface area contributed by atoms with Crippen LogP contribution in [-0.4, -0.2) is 36.6 Å². The molecule has 0 aliphatic carbocycles. The van der Waals surface area contributed by atoms with Crippen LogP contribution in [0.4, 0.5) is 11.4 Å². The topological polar surface area (TPSA) is 83.6 Å². The van der Waals surface area contributed by atoms with Gasteiger partial charge in [0.1, 0.15) is 11.5 Å². The number of unbranched alkanes of at least 4 members (excludes halogenated alkanes) is 4. The van der Waals surface area contributed by atoms with Gasteiger partial charge in [-0.3, -0.25) is 0 Å². The van der Waals surface area contributed by atoms with Crippen molar-refractivity contribution < 1.29 is 19.7 Å². The highest BCUT2D eigenvalue weighted by Crippen LogP contribution is 2.26. The molecular weight excluding hydrogens is 368 g/mol. The Hall–Kier alpha value is -2.44. The van der Waals surface area contributed by atoms with Crippen LogP contribution in [0.3, 0.4) is 0 Å². The molecule has 0 aliphatic heterocycles. The standard InChI is InChI=1S/C23H32N2O4/c1-19-18-21(10-13-23(19)29-17-7-3-5-15-27)25-24-20-8-11-22(12-9-20)28-16-6-2-4-14-26/h8-13,18,26-27H,2-7,14-17H2,1H3. The Balaban J connectivity index is 1.80. The number of aliphatic hydroxyl groups excluding tert-OH is 2. The zero-order valence-electron chi connectivity index (χ0n) is 17.2. The number of aliphatic hydroxyl groups is 2. The molecule has 0 saturated carbocycles. The Labute approximate surface area is 173 Å². The lowest BCUT2D eigenvalue weighted by Gasteiger charge is -2.09. The quantitative estimate of drug-likeness (QED) is 0.324. The van der Waals surface area contributed by atoms with Gasteiger partial charge < -0.3 is 19.7 Å². The van der Waals surface area contributed by atoms with Gasteiger partial charge in [0.25, 0.3) is 0 Å². The van der Waals surface area contributed by atoms with Crippen LogP contribution in [0, 0.1) is 6.92 Å². The van der Waals surface area contributed by atoms with Crippen molar-refractivity contribution in [2.75, 3.05) is 26.4 Å². The molecule has 0 heterocycles. The molecule has 0 atom stereocenters. The van der Waals surface area contributed by atoms with Crippen LogP contribution >= 0.6 is 0 Å². The summed E-state index contributed by atoms with van der Waals surface area (Å²) in [5.74, 6) is 1.66. The molecule has 0 radical (unpaired) electrons. The molecule has 6 nitrogen and oxygen atoms in total. The maximum atomic E-state index is 8.79. The minimum Gasteiger partial charge on any atom is -0.494 e. The maximum absolute atomic E-state index is 8.79. The lowest BCUT2D eigenvalue weighted by atomic mass is 10.2. The van der Waals surface area contributed by atoms with Gasteiger partial charge in [0.05, 0.1) is 24.6 Å². The fraction of sp³-hybridized carbons (Fsp3) is 0.478. The number of ether oxygens (including phenoxy) is 2. The van der Waals surface area contributed by atoms with E-state index in [0.717, 1.165) is 67.0 Å². The fourth-order valence-corrected chi connectivity index (χ4v) is 2.74. The van der Waals surface area contributed by atoms with Gasteiger partial charge >= 0.3 is 0 Å². The summed E-state index contributed by atoms with van der Waals surface area (Å²) in [6.45, 7) is 3.77. The molecule has 0 amide bonds. The molecule has 2 aromatic rings. The van der Waals surface area contributed by atoms with E-state index in [9.17, 15) is 0 Å². The second-order valence-corrected chi connectivity index (χ2v) is 6.91. The first kappa shape index (κ1) is 22.8. The van der Waals surface area contributed by atoms with Crippen LogP contribution in [0.15, 0.2) is 52.7 Å². The third-order valence-corrected chi connectivity index (χ3v) is 4.41. The number of benzene rings is 2. The van der Waals surface area contributed by atoms with Gasteiger partial charge in [0.15, 0.2) is 0 Å². The molecular formula is C23H32N2O4. The van der Waals surface area contributed by atoms with Crippen LogP contribution < -0.4 is 9.47 Å². The zero-order valence-corrected chi connectivity index (χ0v) is 17.2. The van der Waals surface area contributed by atoms with Crippen molar-refractivity contribution in [3.05, 3.63) is 48.0 Å². The molecule has 0 saturated heterocycles. The van der Waals surface area contributed by atoms with E-state index < -0.39 is 0 Å². The Morgan fingerprint density at radius 3 is 1.90 bits per heavy atom. The first-order chi connectivity index (χ1) is 14.2. The smallest absolute Gasteiger partial charge is 0.122 e. The van der Waals surface area contributed by atoms with Crippen LogP contribution in [0.2, 0.25) is 0 Å². The number of hydrogen-bond donors (Lipinski definition) is 2. The number of aryl methyl sites for hydroxylation is 1. The average molecular weight is 401 g/mol. The monoisotopic (exact) mass is 400 g/mol. The second-order valence-electron chi connectivity index (χ2n) is 6.91. The molecule has 29 heavy (non-hydrogen) atoms. The second kappa shape index (κ2) is 13.7. The minimum atomic E-state index is 0.236. The van der Waals surface area contributed by atoms with Crippen LogP contribution in [0.25, 0.3) is 0 Å². The zero-order chi connectivity index (χ0) is 20.7. The summed E-state index contributed by atoms with van der Waals surface area (Å²) >= 11 is 0. The number of rotatable bonds is 14. The van der Waals surface area contributed by atoms with E-state index >= 15 is 0 Å². The Bertz CT molecular complexity index is 732. The van der Waals surface area contributed by atoms with Gasteiger partial charge in [0.2, 0.25) is 0 Å². The molecule has 0 bridgehead atoms. The molecule has 2 N–H and O–H groups in total. The lowest BCUT2D eigenvalue weighted by Crippen LogP contribution is -1.99. The molecule has 6 heteroatoms. The molecule has 0 aliphatic rings. The van der Waals surface area contributed by atoms with Crippen molar-refractivity contribution in [3.63, 3.8) is 0 Å². The summed E-state index contributed by atoms with van der Waals surface area (Å²) in [7, 11) is 0. The van der Waals surface area contributed by atoms with Crippen molar-refractivity contribution in [3.8, 4) is 11.5 Å². The van der Waals surface area contributed by atoms with E-state index in [2.05, 4.69) is 10.2 Å². The third kappa shape index (κ3) is 9.07. The molecule has 0 aromatic heterocycles. The molecule has 0 fully saturated rings. The number of hydrogen-bond acceptors (Lipinski definition) is 6. The van der Waals surface area contributed by atoms with Gasteiger partial charge in [0, 0.05) is 13.2 Å². The molecule has 0 spiro atoms. The minimum absolute atomic E-state index is 0.236. The Morgan fingerprint density at radius 1 is 0.690 bits per heavy atom. The summed E-state index contributed by atoms with van der Waals surface area (Å²) in [6.07, 6.45) is 5.44. The van der Waals surface area contributed by atoms with Gasteiger partial charge in [-0.15, -0.1) is 0 Å². The van der Waals surface area contributed by atoms with Gasteiger partial charge in [-0.1, -0.05) is 0 Å².